The second kappa shape index (κ2) is 5.55. The normalized spacial score (nSPS) is 17.3. The molecule has 4 heteroatoms. The van der Waals surface area contributed by atoms with E-state index in [1.54, 1.807) is 0 Å². The number of nitrogens with zero attached hydrogens (tertiary/aromatic N) is 3. The molecule has 0 aliphatic carbocycles. The Kier molecular flexibility index (Phi) is 4.04. The third kappa shape index (κ3) is 2.92. The largest absolute Gasteiger partial charge is 0.357 e. The minimum Gasteiger partial charge on any atom is -0.357 e. The molecular formula is C14H24N4. The first kappa shape index (κ1) is 13.1. The molecule has 0 unspecified atom stereocenters. The van der Waals surface area contributed by atoms with Crippen LogP contribution in [-0.4, -0.2) is 30.1 Å². The summed E-state index contributed by atoms with van der Waals surface area (Å²) in [5.41, 5.74) is 1.02. The molecule has 1 saturated heterocycles. The van der Waals surface area contributed by atoms with Gasteiger partial charge < -0.3 is 10.2 Å². The van der Waals surface area contributed by atoms with Crippen LogP contribution in [0.2, 0.25) is 0 Å². The second-order valence-electron chi connectivity index (χ2n) is 5.51. The van der Waals surface area contributed by atoms with Gasteiger partial charge in [0.2, 0.25) is 5.95 Å². The van der Waals surface area contributed by atoms with E-state index in [9.17, 15) is 0 Å². The van der Waals surface area contributed by atoms with E-state index in [0.717, 1.165) is 42.4 Å². The third-order valence-electron chi connectivity index (χ3n) is 3.87. The highest BCUT2D eigenvalue weighted by Crippen LogP contribution is 2.27. The Labute approximate surface area is 110 Å². The minimum atomic E-state index is 0.719. The van der Waals surface area contributed by atoms with Crippen molar-refractivity contribution in [2.45, 2.75) is 33.6 Å². The molecule has 1 aliphatic rings. The Bertz CT molecular complexity index is 395. The van der Waals surface area contributed by atoms with Gasteiger partial charge in [0.05, 0.1) is 0 Å². The summed E-state index contributed by atoms with van der Waals surface area (Å²) in [4.78, 5) is 11.3. The van der Waals surface area contributed by atoms with E-state index < -0.39 is 0 Å². The molecule has 0 atom stereocenters. The summed E-state index contributed by atoms with van der Waals surface area (Å²) in [5.74, 6) is 3.45. The summed E-state index contributed by atoms with van der Waals surface area (Å²) in [6, 6.07) is 2.08. The van der Waals surface area contributed by atoms with Crippen molar-refractivity contribution in [1.82, 2.24) is 9.97 Å². The average molecular weight is 248 g/mol. The molecule has 1 fully saturated rings. The zero-order valence-corrected chi connectivity index (χ0v) is 11.9. The Balaban J connectivity index is 2.07. The maximum absolute atomic E-state index is 4.55. The van der Waals surface area contributed by atoms with Gasteiger partial charge in [-0.1, -0.05) is 13.8 Å². The molecule has 1 N–H and O–H groups in total. The lowest BCUT2D eigenvalue weighted by molar-refractivity contribution is 0.310. The van der Waals surface area contributed by atoms with E-state index in [1.807, 2.05) is 14.0 Å². The van der Waals surface area contributed by atoms with Gasteiger partial charge in [0.15, 0.2) is 0 Å². The quantitative estimate of drug-likeness (QED) is 0.893. The van der Waals surface area contributed by atoms with Gasteiger partial charge in [-0.25, -0.2) is 4.98 Å². The summed E-state index contributed by atoms with van der Waals surface area (Å²) in [7, 11) is 1.86. The van der Waals surface area contributed by atoms with Crippen molar-refractivity contribution in [3.63, 3.8) is 0 Å². The van der Waals surface area contributed by atoms with Gasteiger partial charge in [0, 0.05) is 31.9 Å². The predicted octanol–water partition coefficient (Wildman–Crippen LogP) is 2.70. The van der Waals surface area contributed by atoms with Crippen molar-refractivity contribution in [2.24, 2.45) is 11.8 Å². The number of hydrogen-bond donors (Lipinski definition) is 1. The summed E-state index contributed by atoms with van der Waals surface area (Å²) >= 11 is 0. The Morgan fingerprint density at radius 1 is 1.28 bits per heavy atom. The van der Waals surface area contributed by atoms with Gasteiger partial charge in [-0.15, -0.1) is 0 Å². The van der Waals surface area contributed by atoms with Crippen LogP contribution in [0.5, 0.6) is 0 Å². The highest BCUT2D eigenvalue weighted by atomic mass is 15.2. The molecule has 0 aromatic carbocycles. The van der Waals surface area contributed by atoms with Crippen LogP contribution in [0.4, 0.5) is 11.8 Å². The molecule has 2 rings (SSSR count). The number of nitrogens with one attached hydrogen (secondary N) is 1. The lowest BCUT2D eigenvalue weighted by Crippen LogP contribution is -2.35. The minimum absolute atomic E-state index is 0.719. The summed E-state index contributed by atoms with van der Waals surface area (Å²) in [5, 5.41) is 3.03. The topological polar surface area (TPSA) is 41.1 Å². The van der Waals surface area contributed by atoms with Crippen LogP contribution in [0.3, 0.4) is 0 Å². The molecule has 4 nitrogen and oxygen atoms in total. The maximum Gasteiger partial charge on any atom is 0.224 e. The fourth-order valence-corrected chi connectivity index (χ4v) is 2.62. The highest BCUT2D eigenvalue weighted by Gasteiger charge is 2.22. The first-order valence-electron chi connectivity index (χ1n) is 6.88. The molecule has 18 heavy (non-hydrogen) atoms. The lowest BCUT2D eigenvalue weighted by Gasteiger charge is -2.34. The summed E-state index contributed by atoms with van der Waals surface area (Å²) < 4.78 is 0. The van der Waals surface area contributed by atoms with Crippen LogP contribution in [-0.2, 0) is 0 Å². The molecular weight excluding hydrogens is 224 g/mol. The highest BCUT2D eigenvalue weighted by molar-refractivity contribution is 5.44. The number of aromatic nitrogens is 2. The lowest BCUT2D eigenvalue weighted by atomic mass is 9.87. The molecule has 0 saturated carbocycles. The molecule has 100 valence electrons. The van der Waals surface area contributed by atoms with Crippen LogP contribution in [0.25, 0.3) is 0 Å². The Hall–Kier alpha value is -1.32. The van der Waals surface area contributed by atoms with E-state index in [4.69, 9.17) is 0 Å². The van der Waals surface area contributed by atoms with E-state index >= 15 is 0 Å². The van der Waals surface area contributed by atoms with Crippen molar-refractivity contribution in [1.29, 1.82) is 0 Å². The molecule has 2 heterocycles. The van der Waals surface area contributed by atoms with Gasteiger partial charge in [-0.3, -0.25) is 0 Å². The van der Waals surface area contributed by atoms with Crippen LogP contribution < -0.4 is 10.2 Å². The Morgan fingerprint density at radius 2 is 1.94 bits per heavy atom. The van der Waals surface area contributed by atoms with E-state index in [0.29, 0.717) is 0 Å². The first-order valence-corrected chi connectivity index (χ1v) is 6.88. The molecule has 1 aromatic rings. The molecule has 0 radical (unpaired) electrons. The van der Waals surface area contributed by atoms with E-state index in [-0.39, 0.29) is 0 Å². The van der Waals surface area contributed by atoms with Gasteiger partial charge in [-0.05, 0) is 31.6 Å². The second-order valence-corrected chi connectivity index (χ2v) is 5.51. The fraction of sp³-hybridized carbons (Fsp3) is 0.714. The standard InChI is InChI=1S/C14H24N4/c1-10(2)12-5-7-18(8-6-12)13-9-11(3)16-14(15-4)17-13/h9-10,12H,5-8H2,1-4H3,(H,15,16,17). The molecule has 1 aliphatic heterocycles. The molecule has 0 spiro atoms. The van der Waals surface area contributed by atoms with Crippen LogP contribution in [0.1, 0.15) is 32.4 Å². The molecule has 1 aromatic heterocycles. The van der Waals surface area contributed by atoms with Gasteiger partial charge in [0.25, 0.3) is 0 Å². The molecule has 0 amide bonds. The van der Waals surface area contributed by atoms with Crippen LogP contribution in [0, 0.1) is 18.8 Å². The van der Waals surface area contributed by atoms with Gasteiger partial charge >= 0.3 is 0 Å². The first-order chi connectivity index (χ1) is 8.60. The van der Waals surface area contributed by atoms with Gasteiger partial charge in [-0.2, -0.15) is 4.98 Å². The summed E-state index contributed by atoms with van der Waals surface area (Å²) in [6.07, 6.45) is 2.55. The Morgan fingerprint density at radius 3 is 2.50 bits per heavy atom. The SMILES string of the molecule is CNc1nc(C)cc(N2CCC(C(C)C)CC2)n1. The number of aryl methyl sites for hydroxylation is 1. The predicted molar refractivity (Wildman–Crippen MR) is 76.1 cm³/mol. The zero-order valence-electron chi connectivity index (χ0n) is 11.9. The number of hydrogen-bond acceptors (Lipinski definition) is 4. The van der Waals surface area contributed by atoms with Gasteiger partial charge in [0.1, 0.15) is 5.82 Å². The van der Waals surface area contributed by atoms with Crippen LogP contribution >= 0.6 is 0 Å². The van der Waals surface area contributed by atoms with Crippen molar-refractivity contribution >= 4 is 11.8 Å². The molecule has 0 bridgehead atoms. The zero-order chi connectivity index (χ0) is 13.1. The number of anilines is 2. The maximum atomic E-state index is 4.55. The van der Waals surface area contributed by atoms with Crippen molar-refractivity contribution in [2.75, 3.05) is 30.4 Å². The van der Waals surface area contributed by atoms with Crippen molar-refractivity contribution < 1.29 is 0 Å². The summed E-state index contributed by atoms with van der Waals surface area (Å²) in [6.45, 7) is 8.90. The number of piperidine rings is 1. The third-order valence-corrected chi connectivity index (χ3v) is 3.87. The van der Waals surface area contributed by atoms with E-state index in [1.165, 1.54) is 12.8 Å². The average Bonchev–Trinajstić information content (AvgIpc) is 2.38. The van der Waals surface area contributed by atoms with E-state index in [2.05, 4.69) is 40.1 Å². The number of rotatable bonds is 3. The van der Waals surface area contributed by atoms with Crippen LogP contribution in [0.15, 0.2) is 6.07 Å². The smallest absolute Gasteiger partial charge is 0.224 e. The van der Waals surface area contributed by atoms with Crippen molar-refractivity contribution in [3.05, 3.63) is 11.8 Å². The van der Waals surface area contributed by atoms with Crippen molar-refractivity contribution in [3.8, 4) is 0 Å². The fourth-order valence-electron chi connectivity index (χ4n) is 2.62. The monoisotopic (exact) mass is 248 g/mol.